The van der Waals surface area contributed by atoms with Crippen LogP contribution in [-0.4, -0.2) is 66.2 Å². The molecule has 1 aliphatic heterocycles. The van der Waals surface area contributed by atoms with Gasteiger partial charge in [-0.15, -0.1) is 0 Å². The lowest BCUT2D eigenvalue weighted by Crippen LogP contribution is -2.42. The number of carboxylic acids is 1. The monoisotopic (exact) mass is 269 g/mol. The topological polar surface area (TPSA) is 72.9 Å². The van der Waals surface area contributed by atoms with Crippen molar-refractivity contribution in [2.75, 3.05) is 33.2 Å². The van der Waals surface area contributed by atoms with Crippen LogP contribution in [0.25, 0.3) is 0 Å². The Morgan fingerprint density at radius 1 is 1.37 bits per heavy atom. The number of amides is 2. The molecule has 2 N–H and O–H groups in total. The average molecular weight is 269 g/mol. The molecule has 2 rings (SSSR count). The molecule has 0 aromatic rings. The number of carbonyl (C=O) groups is 2. The van der Waals surface area contributed by atoms with Gasteiger partial charge in [0.25, 0.3) is 0 Å². The molecule has 2 unspecified atom stereocenters. The van der Waals surface area contributed by atoms with Crippen molar-refractivity contribution < 1.29 is 14.7 Å². The van der Waals surface area contributed by atoms with E-state index in [9.17, 15) is 9.59 Å². The largest absolute Gasteiger partial charge is 0.481 e. The summed E-state index contributed by atoms with van der Waals surface area (Å²) in [7, 11) is 2.07. The molecule has 1 saturated carbocycles. The summed E-state index contributed by atoms with van der Waals surface area (Å²) >= 11 is 0. The van der Waals surface area contributed by atoms with Crippen LogP contribution in [0.5, 0.6) is 0 Å². The third-order valence-electron chi connectivity index (χ3n) is 4.13. The number of aliphatic carboxylic acids is 1. The maximum Gasteiger partial charge on any atom is 0.317 e. The molecule has 6 nitrogen and oxygen atoms in total. The Kier molecular flexibility index (Phi) is 4.29. The molecule has 108 valence electrons. The van der Waals surface area contributed by atoms with E-state index >= 15 is 0 Å². The summed E-state index contributed by atoms with van der Waals surface area (Å²) in [4.78, 5) is 26.8. The zero-order valence-electron chi connectivity index (χ0n) is 11.6. The Balaban J connectivity index is 1.70. The molecule has 0 spiro atoms. The molecule has 1 aliphatic carbocycles. The predicted octanol–water partition coefficient (Wildman–Crippen LogP) is 0.443. The third-order valence-corrected chi connectivity index (χ3v) is 4.13. The van der Waals surface area contributed by atoms with Gasteiger partial charge in [-0.1, -0.05) is 6.92 Å². The summed E-state index contributed by atoms with van der Waals surface area (Å²) in [6.45, 7) is 4.20. The highest BCUT2D eigenvalue weighted by atomic mass is 16.4. The summed E-state index contributed by atoms with van der Waals surface area (Å²) in [5.41, 5.74) is 0. The normalized spacial score (nSPS) is 26.8. The number of likely N-dealkylation sites (N-methyl/N-ethyl adjacent to an activating group) is 1. The van der Waals surface area contributed by atoms with Gasteiger partial charge < -0.3 is 20.2 Å². The Labute approximate surface area is 113 Å². The van der Waals surface area contributed by atoms with Crippen LogP contribution in [0.4, 0.5) is 4.79 Å². The highest BCUT2D eigenvalue weighted by Crippen LogP contribution is 2.25. The number of hydrogen-bond donors (Lipinski definition) is 2. The molecule has 2 atom stereocenters. The first kappa shape index (κ1) is 14.1. The Morgan fingerprint density at radius 3 is 2.58 bits per heavy atom. The molecule has 2 aliphatic rings. The summed E-state index contributed by atoms with van der Waals surface area (Å²) in [5.74, 6) is -1.21. The van der Waals surface area contributed by atoms with E-state index in [4.69, 9.17) is 5.11 Å². The molecule has 0 aromatic heterocycles. The van der Waals surface area contributed by atoms with Crippen molar-refractivity contribution in [1.82, 2.24) is 15.1 Å². The molecule has 6 heteroatoms. The van der Waals surface area contributed by atoms with Crippen molar-refractivity contribution in [2.45, 2.75) is 25.8 Å². The van der Waals surface area contributed by atoms with Crippen molar-refractivity contribution in [2.24, 2.45) is 11.8 Å². The smallest absolute Gasteiger partial charge is 0.317 e. The lowest BCUT2D eigenvalue weighted by atomic mass is 9.99. The number of hydrogen-bond acceptors (Lipinski definition) is 3. The van der Waals surface area contributed by atoms with Crippen molar-refractivity contribution in [1.29, 1.82) is 0 Å². The zero-order valence-corrected chi connectivity index (χ0v) is 11.6. The number of nitrogens with one attached hydrogen (secondary N) is 1. The number of rotatable bonds is 5. The van der Waals surface area contributed by atoms with Gasteiger partial charge in [-0.3, -0.25) is 4.79 Å². The van der Waals surface area contributed by atoms with Crippen molar-refractivity contribution in [3.05, 3.63) is 0 Å². The second kappa shape index (κ2) is 5.77. The first-order valence-electron chi connectivity index (χ1n) is 6.95. The number of nitrogens with zero attached hydrogens (tertiary/aromatic N) is 2. The number of carboxylic acid groups (broad SMARTS) is 1. The SMILES string of the molecule is CC1CN(C(=O)NCCN(C)C2CC2)CC1C(=O)O. The van der Waals surface area contributed by atoms with Gasteiger partial charge in [0, 0.05) is 32.2 Å². The molecule has 1 heterocycles. The number of likely N-dealkylation sites (tertiary alicyclic amines) is 1. The molecule has 2 fully saturated rings. The van der Waals surface area contributed by atoms with Crippen LogP contribution in [0, 0.1) is 11.8 Å². The highest BCUT2D eigenvalue weighted by Gasteiger charge is 2.36. The molecular weight excluding hydrogens is 246 g/mol. The quantitative estimate of drug-likeness (QED) is 0.760. The molecular formula is C13H23N3O3. The van der Waals surface area contributed by atoms with Crippen LogP contribution in [0.2, 0.25) is 0 Å². The van der Waals surface area contributed by atoms with E-state index in [0.29, 0.717) is 25.7 Å². The standard InChI is InChI=1S/C13H23N3O3/c1-9-7-16(8-11(9)12(17)18)13(19)14-5-6-15(2)10-3-4-10/h9-11H,3-8H2,1-2H3,(H,14,19)(H,17,18). The number of carbonyl (C=O) groups excluding carboxylic acids is 1. The fourth-order valence-electron chi connectivity index (χ4n) is 2.60. The summed E-state index contributed by atoms with van der Waals surface area (Å²) < 4.78 is 0. The van der Waals surface area contributed by atoms with Crippen LogP contribution in [0.1, 0.15) is 19.8 Å². The van der Waals surface area contributed by atoms with Gasteiger partial charge in [0.05, 0.1) is 5.92 Å². The van der Waals surface area contributed by atoms with Crippen molar-refractivity contribution in [3.63, 3.8) is 0 Å². The molecule has 0 aromatic carbocycles. The van der Waals surface area contributed by atoms with Gasteiger partial charge in [-0.25, -0.2) is 4.79 Å². The fraction of sp³-hybridized carbons (Fsp3) is 0.846. The van der Waals surface area contributed by atoms with Gasteiger partial charge in [-0.05, 0) is 25.8 Å². The molecule has 19 heavy (non-hydrogen) atoms. The minimum atomic E-state index is -0.809. The Bertz CT molecular complexity index is 357. The van der Waals surface area contributed by atoms with Gasteiger partial charge >= 0.3 is 12.0 Å². The van der Waals surface area contributed by atoms with Crippen LogP contribution < -0.4 is 5.32 Å². The van der Waals surface area contributed by atoms with Gasteiger partial charge in [-0.2, -0.15) is 0 Å². The molecule has 0 radical (unpaired) electrons. The van der Waals surface area contributed by atoms with E-state index in [1.54, 1.807) is 4.90 Å². The average Bonchev–Trinajstić information content (AvgIpc) is 3.11. The fourth-order valence-corrected chi connectivity index (χ4v) is 2.60. The van der Waals surface area contributed by atoms with E-state index < -0.39 is 11.9 Å². The lowest BCUT2D eigenvalue weighted by molar-refractivity contribution is -0.142. The number of urea groups is 1. The van der Waals surface area contributed by atoms with Crippen molar-refractivity contribution in [3.8, 4) is 0 Å². The van der Waals surface area contributed by atoms with Crippen LogP contribution >= 0.6 is 0 Å². The van der Waals surface area contributed by atoms with E-state index in [0.717, 1.165) is 6.54 Å². The summed E-state index contributed by atoms with van der Waals surface area (Å²) in [5, 5.41) is 11.9. The van der Waals surface area contributed by atoms with E-state index in [-0.39, 0.29) is 11.9 Å². The molecule has 1 saturated heterocycles. The van der Waals surface area contributed by atoms with Gasteiger partial charge in [0.15, 0.2) is 0 Å². The lowest BCUT2D eigenvalue weighted by Gasteiger charge is -2.19. The molecule has 2 amide bonds. The van der Waals surface area contributed by atoms with Crippen molar-refractivity contribution >= 4 is 12.0 Å². The van der Waals surface area contributed by atoms with E-state index in [1.807, 2.05) is 6.92 Å². The molecule has 0 bridgehead atoms. The van der Waals surface area contributed by atoms with Gasteiger partial charge in [0.2, 0.25) is 0 Å². The first-order chi connectivity index (χ1) is 8.99. The van der Waals surface area contributed by atoms with Crippen LogP contribution in [0.3, 0.4) is 0 Å². The third kappa shape index (κ3) is 3.59. The van der Waals surface area contributed by atoms with E-state index in [1.165, 1.54) is 12.8 Å². The summed E-state index contributed by atoms with van der Waals surface area (Å²) in [6, 6.07) is 0.555. The Hall–Kier alpha value is -1.30. The predicted molar refractivity (Wildman–Crippen MR) is 70.9 cm³/mol. The van der Waals surface area contributed by atoms with Crippen LogP contribution in [0.15, 0.2) is 0 Å². The zero-order chi connectivity index (χ0) is 14.0. The minimum Gasteiger partial charge on any atom is -0.481 e. The second-order valence-electron chi connectivity index (χ2n) is 5.77. The maximum atomic E-state index is 11.9. The minimum absolute atomic E-state index is 0.0254. The summed E-state index contributed by atoms with van der Waals surface area (Å²) in [6.07, 6.45) is 2.52. The maximum absolute atomic E-state index is 11.9. The van der Waals surface area contributed by atoms with Crippen LogP contribution in [-0.2, 0) is 4.79 Å². The highest BCUT2D eigenvalue weighted by molar-refractivity contribution is 5.77. The first-order valence-corrected chi connectivity index (χ1v) is 6.95. The van der Waals surface area contributed by atoms with E-state index in [2.05, 4.69) is 17.3 Å². The van der Waals surface area contributed by atoms with Gasteiger partial charge in [0.1, 0.15) is 0 Å². The second-order valence-corrected chi connectivity index (χ2v) is 5.77. The Morgan fingerprint density at radius 2 is 2.05 bits per heavy atom.